The van der Waals surface area contributed by atoms with Gasteiger partial charge in [0.05, 0.1) is 7.11 Å². The summed E-state index contributed by atoms with van der Waals surface area (Å²) in [5.74, 6) is 0.584. The Balaban J connectivity index is 2.26. The number of anilines is 1. The van der Waals surface area contributed by atoms with Gasteiger partial charge in [0, 0.05) is 23.4 Å². The molecule has 1 aromatic carbocycles. The van der Waals surface area contributed by atoms with E-state index in [1.807, 2.05) is 24.3 Å². The second-order valence-corrected chi connectivity index (χ2v) is 4.75. The van der Waals surface area contributed by atoms with Gasteiger partial charge in [-0.25, -0.2) is 4.98 Å². The fraction of sp³-hybridized carbons (Fsp3) is 0.143. The van der Waals surface area contributed by atoms with Crippen LogP contribution in [0.3, 0.4) is 0 Å². The lowest BCUT2D eigenvalue weighted by Gasteiger charge is -2.17. The Morgan fingerprint density at radius 2 is 1.95 bits per heavy atom. The van der Waals surface area contributed by atoms with Gasteiger partial charge in [0.2, 0.25) is 0 Å². The van der Waals surface area contributed by atoms with Crippen LogP contribution in [-0.2, 0) is 0 Å². The molecule has 1 amide bonds. The zero-order chi connectivity index (χ0) is 13.8. The minimum atomic E-state index is -0.169. The molecule has 0 atom stereocenters. The molecule has 5 heteroatoms. The summed E-state index contributed by atoms with van der Waals surface area (Å²) in [6.07, 6.45) is 1.60. The van der Waals surface area contributed by atoms with Crippen LogP contribution in [0.1, 0.15) is 10.5 Å². The van der Waals surface area contributed by atoms with Crippen molar-refractivity contribution in [1.82, 2.24) is 4.98 Å². The number of aromatic nitrogens is 1. The van der Waals surface area contributed by atoms with Crippen LogP contribution in [0.15, 0.2) is 47.1 Å². The van der Waals surface area contributed by atoms with Crippen molar-refractivity contribution < 1.29 is 9.53 Å². The van der Waals surface area contributed by atoms with E-state index in [0.717, 1.165) is 11.4 Å². The van der Waals surface area contributed by atoms with Gasteiger partial charge in [0.25, 0.3) is 5.91 Å². The van der Waals surface area contributed by atoms with Crippen LogP contribution in [0.25, 0.3) is 0 Å². The van der Waals surface area contributed by atoms with Gasteiger partial charge in [0.15, 0.2) is 0 Å². The van der Waals surface area contributed by atoms with Crippen LogP contribution in [-0.4, -0.2) is 25.0 Å². The molecule has 0 fully saturated rings. The number of rotatable bonds is 3. The first-order valence-corrected chi connectivity index (χ1v) is 6.45. The zero-order valence-electron chi connectivity index (χ0n) is 10.6. The minimum absolute atomic E-state index is 0.169. The number of pyridine rings is 1. The van der Waals surface area contributed by atoms with E-state index in [0.29, 0.717) is 10.2 Å². The molecule has 0 saturated carbocycles. The maximum absolute atomic E-state index is 12.3. The van der Waals surface area contributed by atoms with E-state index in [1.165, 1.54) is 0 Å². The number of ether oxygens (including phenoxy) is 1. The van der Waals surface area contributed by atoms with Crippen molar-refractivity contribution >= 4 is 27.5 Å². The molecule has 19 heavy (non-hydrogen) atoms. The molecule has 0 N–H and O–H groups in total. The highest BCUT2D eigenvalue weighted by molar-refractivity contribution is 9.10. The number of carbonyl (C=O) groups excluding carboxylic acids is 1. The number of methoxy groups -OCH3 is 1. The molecule has 98 valence electrons. The Hall–Kier alpha value is -1.88. The first-order chi connectivity index (χ1) is 9.13. The first-order valence-electron chi connectivity index (χ1n) is 5.66. The molecule has 0 radical (unpaired) electrons. The fourth-order valence-electron chi connectivity index (χ4n) is 1.62. The topological polar surface area (TPSA) is 42.4 Å². The normalized spacial score (nSPS) is 10.1. The minimum Gasteiger partial charge on any atom is -0.497 e. The molecule has 2 aromatic rings. The van der Waals surface area contributed by atoms with Gasteiger partial charge in [0.1, 0.15) is 11.4 Å². The van der Waals surface area contributed by atoms with Gasteiger partial charge in [-0.05, 0) is 52.3 Å². The van der Waals surface area contributed by atoms with Crippen LogP contribution in [0, 0.1) is 0 Å². The summed E-state index contributed by atoms with van der Waals surface area (Å²) >= 11 is 3.33. The number of hydrogen-bond acceptors (Lipinski definition) is 3. The van der Waals surface area contributed by atoms with Crippen molar-refractivity contribution in [3.63, 3.8) is 0 Å². The fourth-order valence-corrected chi connectivity index (χ4v) is 2.05. The van der Waals surface area contributed by atoms with E-state index in [9.17, 15) is 4.79 Å². The third-order valence-electron chi connectivity index (χ3n) is 2.73. The van der Waals surface area contributed by atoms with Crippen molar-refractivity contribution in [2.75, 3.05) is 19.1 Å². The third-order valence-corrected chi connectivity index (χ3v) is 3.37. The van der Waals surface area contributed by atoms with E-state index >= 15 is 0 Å². The van der Waals surface area contributed by atoms with Crippen LogP contribution in [0.4, 0.5) is 5.69 Å². The summed E-state index contributed by atoms with van der Waals surface area (Å²) < 4.78 is 5.77. The van der Waals surface area contributed by atoms with E-state index in [2.05, 4.69) is 20.9 Å². The van der Waals surface area contributed by atoms with E-state index < -0.39 is 0 Å². The van der Waals surface area contributed by atoms with E-state index in [-0.39, 0.29) is 5.91 Å². The predicted molar refractivity (Wildman–Crippen MR) is 77.7 cm³/mol. The molecule has 0 aliphatic heterocycles. The summed E-state index contributed by atoms with van der Waals surface area (Å²) in [5, 5.41) is 0. The third kappa shape index (κ3) is 2.93. The van der Waals surface area contributed by atoms with Gasteiger partial charge >= 0.3 is 0 Å². The van der Waals surface area contributed by atoms with Crippen molar-refractivity contribution in [3.05, 3.63) is 52.8 Å². The van der Waals surface area contributed by atoms with Crippen LogP contribution >= 0.6 is 15.9 Å². The van der Waals surface area contributed by atoms with Gasteiger partial charge < -0.3 is 9.64 Å². The van der Waals surface area contributed by atoms with Crippen LogP contribution in [0.2, 0.25) is 0 Å². The number of carbonyl (C=O) groups is 1. The summed E-state index contributed by atoms with van der Waals surface area (Å²) in [6.45, 7) is 0. The molecule has 0 aliphatic carbocycles. The molecular formula is C14H13BrN2O2. The summed E-state index contributed by atoms with van der Waals surface area (Å²) in [7, 11) is 3.32. The Labute approximate surface area is 120 Å². The molecule has 0 bridgehead atoms. The van der Waals surface area contributed by atoms with E-state index in [1.54, 1.807) is 37.4 Å². The Morgan fingerprint density at radius 1 is 1.26 bits per heavy atom. The van der Waals surface area contributed by atoms with Crippen molar-refractivity contribution in [2.45, 2.75) is 0 Å². The van der Waals surface area contributed by atoms with Gasteiger partial charge in [-0.2, -0.15) is 0 Å². The molecular weight excluding hydrogens is 308 g/mol. The highest BCUT2D eigenvalue weighted by Gasteiger charge is 2.17. The van der Waals surface area contributed by atoms with Crippen LogP contribution < -0.4 is 9.64 Å². The second kappa shape index (κ2) is 5.84. The number of halogens is 1. The van der Waals surface area contributed by atoms with E-state index in [4.69, 9.17) is 4.74 Å². The highest BCUT2D eigenvalue weighted by atomic mass is 79.9. The van der Waals surface area contributed by atoms with Crippen molar-refractivity contribution in [3.8, 4) is 5.75 Å². The lowest BCUT2D eigenvalue weighted by molar-refractivity contribution is 0.0987. The molecule has 0 saturated heterocycles. The molecule has 0 aliphatic rings. The quantitative estimate of drug-likeness (QED) is 0.872. The smallest absolute Gasteiger partial charge is 0.277 e. The number of benzene rings is 1. The highest BCUT2D eigenvalue weighted by Crippen LogP contribution is 2.21. The molecule has 1 heterocycles. The van der Waals surface area contributed by atoms with Gasteiger partial charge in [-0.1, -0.05) is 0 Å². The lowest BCUT2D eigenvalue weighted by Crippen LogP contribution is -2.27. The average Bonchev–Trinajstić information content (AvgIpc) is 2.46. The number of hydrogen-bond donors (Lipinski definition) is 0. The predicted octanol–water partition coefficient (Wildman–Crippen LogP) is 3.13. The maximum Gasteiger partial charge on any atom is 0.277 e. The molecule has 4 nitrogen and oxygen atoms in total. The SMILES string of the molecule is COc1ccc(N(C)C(=O)c2ncccc2Br)cc1. The second-order valence-electron chi connectivity index (χ2n) is 3.90. The summed E-state index contributed by atoms with van der Waals surface area (Å²) in [5.41, 5.74) is 1.17. The van der Waals surface area contributed by atoms with Crippen molar-refractivity contribution in [1.29, 1.82) is 0 Å². The molecule has 0 unspecified atom stereocenters. The molecule has 0 spiro atoms. The Kier molecular flexibility index (Phi) is 4.16. The Morgan fingerprint density at radius 3 is 2.53 bits per heavy atom. The summed E-state index contributed by atoms with van der Waals surface area (Å²) in [6, 6.07) is 10.8. The number of nitrogens with zero attached hydrogens (tertiary/aromatic N) is 2. The first kappa shape index (κ1) is 13.5. The van der Waals surface area contributed by atoms with Crippen LogP contribution in [0.5, 0.6) is 5.75 Å². The Bertz CT molecular complexity index is 584. The maximum atomic E-state index is 12.3. The van der Waals surface area contributed by atoms with Gasteiger partial charge in [-0.3, -0.25) is 4.79 Å². The monoisotopic (exact) mass is 320 g/mol. The standard InChI is InChI=1S/C14H13BrN2O2/c1-17(10-5-7-11(19-2)8-6-10)14(18)13-12(15)4-3-9-16-13/h3-9H,1-2H3. The molecule has 1 aromatic heterocycles. The largest absolute Gasteiger partial charge is 0.497 e. The van der Waals surface area contributed by atoms with Gasteiger partial charge in [-0.15, -0.1) is 0 Å². The zero-order valence-corrected chi connectivity index (χ0v) is 12.2. The van der Waals surface area contributed by atoms with Crippen molar-refractivity contribution in [2.24, 2.45) is 0 Å². The summed E-state index contributed by atoms with van der Waals surface area (Å²) in [4.78, 5) is 18.0. The molecule has 2 rings (SSSR count). The average molecular weight is 321 g/mol. The number of amides is 1. The lowest BCUT2D eigenvalue weighted by atomic mass is 10.2.